The lowest BCUT2D eigenvalue weighted by molar-refractivity contribution is 0.0946. The topological polar surface area (TPSA) is 51.2 Å². The lowest BCUT2D eigenvalue weighted by Crippen LogP contribution is -2.28. The Labute approximate surface area is 126 Å². The number of carbonyl (C=O) groups is 1. The molecule has 1 N–H and O–H groups in total. The predicted octanol–water partition coefficient (Wildman–Crippen LogP) is 2.96. The number of nitrogens with one attached hydrogen (secondary N) is 1. The molecule has 2 rings (SSSR count). The summed E-state index contributed by atoms with van der Waals surface area (Å²) in [6, 6.07) is 9.52. The van der Waals surface area contributed by atoms with E-state index in [1.807, 2.05) is 31.2 Å². The fourth-order valence-electron chi connectivity index (χ4n) is 1.61. The van der Waals surface area contributed by atoms with Crippen molar-refractivity contribution < 1.29 is 9.53 Å². The summed E-state index contributed by atoms with van der Waals surface area (Å²) in [6.07, 6.45) is 3.16. The second kappa shape index (κ2) is 7.05. The molecule has 0 atom stereocenters. The zero-order valence-corrected chi connectivity index (χ0v) is 12.7. The SMILES string of the molecule is Cc1ccc(OCCNC(=O)c2cncc(Br)c2)cc1. The largest absolute Gasteiger partial charge is 0.492 e. The normalized spacial score (nSPS) is 10.1. The van der Waals surface area contributed by atoms with Crippen LogP contribution < -0.4 is 10.1 Å². The maximum Gasteiger partial charge on any atom is 0.253 e. The van der Waals surface area contributed by atoms with Crippen LogP contribution in [0.2, 0.25) is 0 Å². The maximum absolute atomic E-state index is 11.8. The van der Waals surface area contributed by atoms with Gasteiger partial charge in [-0.1, -0.05) is 17.7 Å². The van der Waals surface area contributed by atoms with Gasteiger partial charge in [-0.15, -0.1) is 0 Å². The molecule has 0 aliphatic heterocycles. The molecule has 0 radical (unpaired) electrons. The fraction of sp³-hybridized carbons (Fsp3) is 0.200. The minimum Gasteiger partial charge on any atom is -0.492 e. The van der Waals surface area contributed by atoms with Crippen LogP contribution in [0.25, 0.3) is 0 Å². The number of benzene rings is 1. The number of hydrogen-bond donors (Lipinski definition) is 1. The third kappa shape index (κ3) is 4.35. The molecule has 1 amide bonds. The molecule has 0 bridgehead atoms. The third-order valence-electron chi connectivity index (χ3n) is 2.64. The van der Waals surface area contributed by atoms with Crippen molar-refractivity contribution in [3.8, 4) is 5.75 Å². The van der Waals surface area contributed by atoms with Crippen LogP contribution in [0.4, 0.5) is 0 Å². The summed E-state index contributed by atoms with van der Waals surface area (Å²) in [7, 11) is 0. The summed E-state index contributed by atoms with van der Waals surface area (Å²) in [4.78, 5) is 15.8. The molecule has 1 aromatic carbocycles. The number of amides is 1. The van der Waals surface area contributed by atoms with Gasteiger partial charge in [-0.3, -0.25) is 9.78 Å². The lowest BCUT2D eigenvalue weighted by atomic mass is 10.2. The van der Waals surface area contributed by atoms with E-state index >= 15 is 0 Å². The van der Waals surface area contributed by atoms with Crippen LogP contribution in [0.1, 0.15) is 15.9 Å². The number of nitrogens with zero attached hydrogens (tertiary/aromatic N) is 1. The van der Waals surface area contributed by atoms with Crippen LogP contribution in [0.3, 0.4) is 0 Å². The number of hydrogen-bond acceptors (Lipinski definition) is 3. The average molecular weight is 335 g/mol. The summed E-state index contributed by atoms with van der Waals surface area (Å²) >= 11 is 3.28. The Bertz CT molecular complexity index is 585. The predicted molar refractivity (Wildman–Crippen MR) is 80.9 cm³/mol. The second-order valence-electron chi connectivity index (χ2n) is 4.31. The molecule has 1 aromatic heterocycles. The van der Waals surface area contributed by atoms with Gasteiger partial charge in [0.25, 0.3) is 5.91 Å². The molecule has 0 unspecified atom stereocenters. The van der Waals surface area contributed by atoms with E-state index < -0.39 is 0 Å². The number of rotatable bonds is 5. The van der Waals surface area contributed by atoms with E-state index in [0.717, 1.165) is 10.2 Å². The zero-order valence-electron chi connectivity index (χ0n) is 11.1. The molecule has 0 saturated carbocycles. The van der Waals surface area contributed by atoms with Crippen molar-refractivity contribution in [2.24, 2.45) is 0 Å². The van der Waals surface area contributed by atoms with Gasteiger partial charge in [0.1, 0.15) is 12.4 Å². The number of pyridine rings is 1. The molecule has 2 aromatic rings. The Balaban J connectivity index is 1.76. The Kier molecular flexibility index (Phi) is 5.12. The highest BCUT2D eigenvalue weighted by Crippen LogP contribution is 2.11. The van der Waals surface area contributed by atoms with Gasteiger partial charge in [0.15, 0.2) is 0 Å². The zero-order chi connectivity index (χ0) is 14.4. The highest BCUT2D eigenvalue weighted by atomic mass is 79.9. The number of carbonyl (C=O) groups excluding carboxylic acids is 1. The summed E-state index contributed by atoms with van der Waals surface area (Å²) in [5, 5.41) is 2.78. The minimum atomic E-state index is -0.161. The van der Waals surface area contributed by atoms with Crippen molar-refractivity contribution in [3.63, 3.8) is 0 Å². The van der Waals surface area contributed by atoms with Crippen LogP contribution >= 0.6 is 15.9 Å². The molecule has 4 nitrogen and oxygen atoms in total. The molecular formula is C15H15BrN2O2. The maximum atomic E-state index is 11.8. The Hall–Kier alpha value is -1.88. The van der Waals surface area contributed by atoms with Crippen LogP contribution in [-0.4, -0.2) is 24.0 Å². The molecule has 0 saturated heterocycles. The fourth-order valence-corrected chi connectivity index (χ4v) is 1.97. The average Bonchev–Trinajstić information content (AvgIpc) is 2.45. The lowest BCUT2D eigenvalue weighted by Gasteiger charge is -2.08. The van der Waals surface area contributed by atoms with Crippen molar-refractivity contribution in [2.75, 3.05) is 13.2 Å². The molecule has 20 heavy (non-hydrogen) atoms. The van der Waals surface area contributed by atoms with Gasteiger partial charge < -0.3 is 10.1 Å². The number of aromatic nitrogens is 1. The van der Waals surface area contributed by atoms with Crippen LogP contribution in [0.15, 0.2) is 47.2 Å². The van der Waals surface area contributed by atoms with Crippen molar-refractivity contribution in [2.45, 2.75) is 6.92 Å². The second-order valence-corrected chi connectivity index (χ2v) is 5.22. The van der Waals surface area contributed by atoms with Gasteiger partial charge in [-0.2, -0.15) is 0 Å². The van der Waals surface area contributed by atoms with Crippen LogP contribution in [0, 0.1) is 6.92 Å². The first-order valence-electron chi connectivity index (χ1n) is 6.23. The minimum absolute atomic E-state index is 0.161. The summed E-state index contributed by atoms with van der Waals surface area (Å²) in [5.74, 6) is 0.639. The number of aryl methyl sites for hydroxylation is 1. The van der Waals surface area contributed by atoms with E-state index in [2.05, 4.69) is 26.2 Å². The highest BCUT2D eigenvalue weighted by molar-refractivity contribution is 9.10. The van der Waals surface area contributed by atoms with Crippen molar-refractivity contribution >= 4 is 21.8 Å². The Morgan fingerprint density at radius 1 is 1.30 bits per heavy atom. The quantitative estimate of drug-likeness (QED) is 0.855. The summed E-state index contributed by atoms with van der Waals surface area (Å²) < 4.78 is 6.31. The molecule has 5 heteroatoms. The van der Waals surface area contributed by atoms with Crippen LogP contribution in [-0.2, 0) is 0 Å². The standard InChI is InChI=1S/C15H15BrN2O2/c1-11-2-4-14(5-3-11)20-7-6-18-15(19)12-8-13(16)10-17-9-12/h2-5,8-10H,6-7H2,1H3,(H,18,19). The molecule has 104 valence electrons. The molecule has 0 spiro atoms. The van der Waals surface area contributed by atoms with Gasteiger partial charge in [-0.05, 0) is 41.1 Å². The summed E-state index contributed by atoms with van der Waals surface area (Å²) in [5.41, 5.74) is 1.71. The van der Waals surface area contributed by atoms with E-state index in [1.165, 1.54) is 11.8 Å². The molecule has 1 heterocycles. The molecule has 0 aliphatic rings. The van der Waals surface area contributed by atoms with Gasteiger partial charge in [0.05, 0.1) is 12.1 Å². The van der Waals surface area contributed by atoms with E-state index in [9.17, 15) is 4.79 Å². The Morgan fingerprint density at radius 2 is 2.05 bits per heavy atom. The van der Waals surface area contributed by atoms with Crippen LogP contribution in [0.5, 0.6) is 5.75 Å². The first-order chi connectivity index (χ1) is 9.65. The van der Waals surface area contributed by atoms with E-state index in [-0.39, 0.29) is 5.91 Å². The van der Waals surface area contributed by atoms with E-state index in [1.54, 1.807) is 12.3 Å². The first-order valence-corrected chi connectivity index (χ1v) is 7.02. The van der Waals surface area contributed by atoms with Gasteiger partial charge in [-0.25, -0.2) is 0 Å². The van der Waals surface area contributed by atoms with Crippen molar-refractivity contribution in [1.29, 1.82) is 0 Å². The van der Waals surface area contributed by atoms with E-state index in [4.69, 9.17) is 4.74 Å². The third-order valence-corrected chi connectivity index (χ3v) is 3.08. The molecule has 0 fully saturated rings. The van der Waals surface area contributed by atoms with Crippen molar-refractivity contribution in [1.82, 2.24) is 10.3 Å². The molecular weight excluding hydrogens is 320 g/mol. The van der Waals surface area contributed by atoms with Gasteiger partial charge >= 0.3 is 0 Å². The Morgan fingerprint density at radius 3 is 2.75 bits per heavy atom. The number of ether oxygens (including phenoxy) is 1. The first kappa shape index (κ1) is 14.5. The summed E-state index contributed by atoms with van der Waals surface area (Å²) in [6.45, 7) is 2.89. The van der Waals surface area contributed by atoms with E-state index in [0.29, 0.717) is 18.7 Å². The number of halogens is 1. The van der Waals surface area contributed by atoms with Gasteiger partial charge in [0.2, 0.25) is 0 Å². The highest BCUT2D eigenvalue weighted by Gasteiger charge is 2.05. The monoisotopic (exact) mass is 334 g/mol. The van der Waals surface area contributed by atoms with Crippen molar-refractivity contribution in [3.05, 3.63) is 58.3 Å². The van der Waals surface area contributed by atoms with Gasteiger partial charge in [0, 0.05) is 16.9 Å². The smallest absolute Gasteiger partial charge is 0.253 e. The molecule has 0 aliphatic carbocycles.